The molecule has 3 unspecified atom stereocenters. The van der Waals surface area contributed by atoms with Gasteiger partial charge in [-0.3, -0.25) is 0 Å². The predicted molar refractivity (Wildman–Crippen MR) is 105 cm³/mol. The molecule has 2 aliphatic heterocycles. The zero-order valence-corrected chi connectivity index (χ0v) is 16.7. The maximum Gasteiger partial charge on any atom is 0.213 e. The number of halogens is 1. The molecule has 2 bridgehead atoms. The van der Waals surface area contributed by atoms with Crippen LogP contribution in [0.4, 0.5) is 0 Å². The Morgan fingerprint density at radius 2 is 2.29 bits per heavy atom. The molecule has 6 nitrogen and oxygen atoms in total. The lowest BCUT2D eigenvalue weighted by Crippen LogP contribution is -2.47. The van der Waals surface area contributed by atoms with E-state index in [-0.39, 0.29) is 24.0 Å². The van der Waals surface area contributed by atoms with Crippen molar-refractivity contribution in [3.8, 4) is 5.88 Å². The van der Waals surface area contributed by atoms with E-state index in [9.17, 15) is 0 Å². The first kappa shape index (κ1) is 19.2. The summed E-state index contributed by atoms with van der Waals surface area (Å²) in [6, 6.07) is 4.29. The SMILES string of the molecule is CCNC(=NCc1ccnc(OCC)c1)NC1CC2CCC1O2.I. The van der Waals surface area contributed by atoms with Crippen LogP contribution in [0.15, 0.2) is 23.3 Å². The number of pyridine rings is 1. The molecule has 3 heterocycles. The van der Waals surface area contributed by atoms with Gasteiger partial charge in [0.1, 0.15) is 0 Å². The van der Waals surface area contributed by atoms with Gasteiger partial charge in [-0.05, 0) is 44.7 Å². The molecule has 0 radical (unpaired) electrons. The molecule has 0 amide bonds. The fourth-order valence-electron chi connectivity index (χ4n) is 3.23. The zero-order chi connectivity index (χ0) is 16.1. The van der Waals surface area contributed by atoms with E-state index >= 15 is 0 Å². The van der Waals surface area contributed by atoms with Gasteiger partial charge in [0, 0.05) is 18.8 Å². The molecule has 1 aromatic rings. The molecule has 7 heteroatoms. The van der Waals surface area contributed by atoms with Crippen molar-refractivity contribution < 1.29 is 9.47 Å². The molecule has 0 saturated carbocycles. The van der Waals surface area contributed by atoms with Gasteiger partial charge in [-0.1, -0.05) is 0 Å². The summed E-state index contributed by atoms with van der Waals surface area (Å²) in [5.74, 6) is 1.50. The summed E-state index contributed by atoms with van der Waals surface area (Å²) in [6.45, 7) is 6.09. The van der Waals surface area contributed by atoms with Crippen LogP contribution in [-0.4, -0.2) is 42.3 Å². The summed E-state index contributed by atoms with van der Waals surface area (Å²) in [6.07, 6.45) is 5.99. The van der Waals surface area contributed by atoms with Gasteiger partial charge >= 0.3 is 0 Å². The Morgan fingerprint density at radius 3 is 2.96 bits per heavy atom. The quantitative estimate of drug-likeness (QED) is 0.399. The van der Waals surface area contributed by atoms with Gasteiger partial charge in [0.15, 0.2) is 5.96 Å². The molecular formula is C17H27IN4O2. The van der Waals surface area contributed by atoms with Gasteiger partial charge in [0.2, 0.25) is 5.88 Å². The third-order valence-corrected chi connectivity index (χ3v) is 4.28. The molecule has 0 aromatic carbocycles. The van der Waals surface area contributed by atoms with E-state index in [1.165, 1.54) is 6.42 Å². The van der Waals surface area contributed by atoms with Crippen molar-refractivity contribution in [2.75, 3.05) is 13.2 Å². The third kappa shape index (κ3) is 4.95. The van der Waals surface area contributed by atoms with Crippen molar-refractivity contribution in [2.24, 2.45) is 4.99 Å². The number of hydrogen-bond acceptors (Lipinski definition) is 4. The lowest BCUT2D eigenvalue weighted by atomic mass is 9.96. The number of fused-ring (bicyclic) bond motifs is 2. The largest absolute Gasteiger partial charge is 0.478 e. The molecule has 2 N–H and O–H groups in total. The summed E-state index contributed by atoms with van der Waals surface area (Å²) in [4.78, 5) is 8.87. The van der Waals surface area contributed by atoms with Crippen LogP contribution in [0.3, 0.4) is 0 Å². The van der Waals surface area contributed by atoms with Gasteiger partial charge in [0.25, 0.3) is 0 Å². The lowest BCUT2D eigenvalue weighted by molar-refractivity contribution is 0.0992. The first-order chi connectivity index (χ1) is 11.3. The zero-order valence-electron chi connectivity index (χ0n) is 14.3. The first-order valence-electron chi connectivity index (χ1n) is 8.56. The van der Waals surface area contributed by atoms with E-state index in [0.717, 1.165) is 30.9 Å². The van der Waals surface area contributed by atoms with Crippen LogP contribution in [0.2, 0.25) is 0 Å². The van der Waals surface area contributed by atoms with Gasteiger partial charge in [-0.15, -0.1) is 24.0 Å². The highest BCUT2D eigenvalue weighted by atomic mass is 127. The van der Waals surface area contributed by atoms with E-state index in [1.807, 2.05) is 19.1 Å². The molecule has 0 spiro atoms. The fraction of sp³-hybridized carbons (Fsp3) is 0.647. The predicted octanol–water partition coefficient (Wildman–Crippen LogP) is 2.47. The van der Waals surface area contributed by atoms with Crippen LogP contribution >= 0.6 is 24.0 Å². The smallest absolute Gasteiger partial charge is 0.213 e. The normalized spacial score (nSPS) is 25.2. The van der Waals surface area contributed by atoms with E-state index in [2.05, 4.69) is 27.5 Å². The minimum absolute atomic E-state index is 0. The molecule has 3 atom stereocenters. The van der Waals surface area contributed by atoms with Crippen LogP contribution in [0.1, 0.15) is 38.7 Å². The number of guanidine groups is 1. The van der Waals surface area contributed by atoms with E-state index in [1.54, 1.807) is 6.20 Å². The molecule has 1 aromatic heterocycles. The summed E-state index contributed by atoms with van der Waals surface area (Å²) in [5.41, 5.74) is 1.09. The Bertz CT molecular complexity index is 555. The second-order valence-corrected chi connectivity index (χ2v) is 5.99. The van der Waals surface area contributed by atoms with Crippen LogP contribution in [0.25, 0.3) is 0 Å². The third-order valence-electron chi connectivity index (χ3n) is 4.28. The Kier molecular flexibility index (Phi) is 7.54. The summed E-state index contributed by atoms with van der Waals surface area (Å²) >= 11 is 0. The summed E-state index contributed by atoms with van der Waals surface area (Å²) in [7, 11) is 0. The average molecular weight is 446 g/mol. The maximum atomic E-state index is 5.90. The van der Waals surface area contributed by atoms with Gasteiger partial charge in [-0.2, -0.15) is 0 Å². The summed E-state index contributed by atoms with van der Waals surface area (Å²) < 4.78 is 11.3. The molecule has 24 heavy (non-hydrogen) atoms. The molecular weight excluding hydrogens is 419 g/mol. The lowest BCUT2D eigenvalue weighted by Gasteiger charge is -2.22. The van der Waals surface area contributed by atoms with Crippen molar-refractivity contribution in [1.82, 2.24) is 15.6 Å². The van der Waals surface area contributed by atoms with Crippen molar-refractivity contribution in [1.29, 1.82) is 0 Å². The topological polar surface area (TPSA) is 67.8 Å². The average Bonchev–Trinajstić information content (AvgIpc) is 3.16. The number of nitrogens with one attached hydrogen (secondary N) is 2. The standard InChI is InChI=1S/C17H26N4O2.HI/c1-3-18-17(21-14-10-13-5-6-15(14)23-13)20-11-12-7-8-19-16(9-12)22-4-2;/h7-9,13-15H,3-6,10-11H2,1-2H3,(H2,18,20,21);1H. The van der Waals surface area contributed by atoms with Crippen molar-refractivity contribution in [3.63, 3.8) is 0 Å². The summed E-state index contributed by atoms with van der Waals surface area (Å²) in [5, 5.41) is 6.84. The van der Waals surface area contributed by atoms with Crippen molar-refractivity contribution in [3.05, 3.63) is 23.9 Å². The van der Waals surface area contributed by atoms with Crippen LogP contribution in [0, 0.1) is 0 Å². The number of nitrogens with zero attached hydrogens (tertiary/aromatic N) is 2. The molecule has 2 aliphatic rings. The van der Waals surface area contributed by atoms with E-state index in [4.69, 9.17) is 9.47 Å². The van der Waals surface area contributed by atoms with Crippen LogP contribution in [0.5, 0.6) is 5.88 Å². The highest BCUT2D eigenvalue weighted by Gasteiger charge is 2.41. The van der Waals surface area contributed by atoms with Gasteiger partial charge in [0.05, 0.1) is 31.4 Å². The number of aliphatic imine (C=N–C) groups is 1. The highest BCUT2D eigenvalue weighted by Crippen LogP contribution is 2.34. The Balaban J connectivity index is 0.00000208. The minimum atomic E-state index is 0. The van der Waals surface area contributed by atoms with E-state index < -0.39 is 0 Å². The number of hydrogen-bond donors (Lipinski definition) is 2. The second kappa shape index (κ2) is 9.41. The Hall–Kier alpha value is -1.09. The number of ether oxygens (including phenoxy) is 2. The van der Waals surface area contributed by atoms with Crippen molar-refractivity contribution in [2.45, 2.75) is 57.9 Å². The molecule has 2 fully saturated rings. The highest BCUT2D eigenvalue weighted by molar-refractivity contribution is 14.0. The monoisotopic (exact) mass is 446 g/mol. The first-order valence-corrected chi connectivity index (χ1v) is 8.56. The molecule has 0 aliphatic carbocycles. The maximum absolute atomic E-state index is 5.90. The van der Waals surface area contributed by atoms with E-state index in [0.29, 0.717) is 37.3 Å². The van der Waals surface area contributed by atoms with Gasteiger partial charge in [-0.25, -0.2) is 9.98 Å². The molecule has 2 saturated heterocycles. The molecule has 134 valence electrons. The molecule has 3 rings (SSSR count). The minimum Gasteiger partial charge on any atom is -0.478 e. The number of rotatable bonds is 6. The van der Waals surface area contributed by atoms with Gasteiger partial charge < -0.3 is 20.1 Å². The van der Waals surface area contributed by atoms with Crippen LogP contribution < -0.4 is 15.4 Å². The van der Waals surface area contributed by atoms with Crippen LogP contribution in [-0.2, 0) is 11.3 Å². The Morgan fingerprint density at radius 1 is 1.42 bits per heavy atom. The Labute approximate surface area is 160 Å². The van der Waals surface area contributed by atoms with Crippen molar-refractivity contribution >= 4 is 29.9 Å². The fourth-order valence-corrected chi connectivity index (χ4v) is 3.23. The number of aromatic nitrogens is 1. The second-order valence-electron chi connectivity index (χ2n) is 5.99.